The quantitative estimate of drug-likeness (QED) is 0.752. The Hall–Kier alpha value is -0.810. The summed E-state index contributed by atoms with van der Waals surface area (Å²) < 4.78 is 5.25. The van der Waals surface area contributed by atoms with Crippen molar-refractivity contribution in [2.24, 2.45) is 0 Å². The van der Waals surface area contributed by atoms with Crippen molar-refractivity contribution in [2.75, 3.05) is 33.8 Å². The van der Waals surface area contributed by atoms with Crippen molar-refractivity contribution in [3.05, 3.63) is 0 Å². The smallest absolute Gasteiger partial charge is 0.410 e. The van der Waals surface area contributed by atoms with E-state index >= 15 is 0 Å². The number of likely N-dealkylation sites (N-methyl/N-ethyl adjacent to an activating group) is 1. The highest BCUT2D eigenvalue weighted by Gasteiger charge is 2.47. The van der Waals surface area contributed by atoms with Gasteiger partial charge in [-0.15, -0.1) is 0 Å². The Bertz CT molecular complexity index is 265. The molecular formula is C11H22N2O3. The lowest BCUT2D eigenvalue weighted by Gasteiger charge is -2.52. The van der Waals surface area contributed by atoms with E-state index in [0.717, 1.165) is 0 Å². The SMILES string of the molecule is CN(C)C1(CO)CN(C(=O)OC(C)(C)C)C1. The Kier molecular flexibility index (Phi) is 3.50. The molecule has 0 aromatic carbocycles. The van der Waals surface area contributed by atoms with E-state index in [1.54, 1.807) is 4.90 Å². The average Bonchev–Trinajstić information content (AvgIpc) is 1.98. The molecule has 5 nitrogen and oxygen atoms in total. The van der Waals surface area contributed by atoms with Crippen LogP contribution < -0.4 is 0 Å². The zero-order chi connectivity index (χ0) is 12.6. The number of carbonyl (C=O) groups is 1. The Morgan fingerprint density at radius 3 is 2.25 bits per heavy atom. The number of hydrogen-bond acceptors (Lipinski definition) is 4. The third kappa shape index (κ3) is 2.65. The molecule has 0 spiro atoms. The van der Waals surface area contributed by atoms with E-state index in [1.165, 1.54) is 0 Å². The van der Waals surface area contributed by atoms with Crippen LogP contribution in [0.15, 0.2) is 0 Å². The highest BCUT2D eigenvalue weighted by Crippen LogP contribution is 2.27. The van der Waals surface area contributed by atoms with Crippen molar-refractivity contribution >= 4 is 6.09 Å². The minimum absolute atomic E-state index is 0.0549. The van der Waals surface area contributed by atoms with Gasteiger partial charge in [-0.05, 0) is 34.9 Å². The highest BCUT2D eigenvalue weighted by molar-refractivity contribution is 5.69. The number of ether oxygens (including phenoxy) is 1. The summed E-state index contributed by atoms with van der Waals surface area (Å²) in [6.45, 7) is 6.62. The van der Waals surface area contributed by atoms with E-state index in [0.29, 0.717) is 13.1 Å². The monoisotopic (exact) mass is 230 g/mol. The number of nitrogens with zero attached hydrogens (tertiary/aromatic N) is 2. The first kappa shape index (κ1) is 13.3. The van der Waals surface area contributed by atoms with Crippen LogP contribution in [0.5, 0.6) is 0 Å². The van der Waals surface area contributed by atoms with Crippen molar-refractivity contribution in [3.63, 3.8) is 0 Å². The van der Waals surface area contributed by atoms with Gasteiger partial charge < -0.3 is 14.7 Å². The molecule has 1 N–H and O–H groups in total. The average molecular weight is 230 g/mol. The Balaban J connectivity index is 2.49. The number of aliphatic hydroxyl groups excluding tert-OH is 1. The molecule has 1 saturated heterocycles. The van der Waals surface area contributed by atoms with Gasteiger partial charge in [0.1, 0.15) is 5.60 Å². The molecule has 1 aliphatic heterocycles. The van der Waals surface area contributed by atoms with Gasteiger partial charge in [-0.25, -0.2) is 4.79 Å². The van der Waals surface area contributed by atoms with E-state index in [4.69, 9.17) is 4.74 Å². The normalized spacial score (nSPS) is 19.6. The van der Waals surface area contributed by atoms with Crippen LogP contribution in [0.25, 0.3) is 0 Å². The molecule has 0 bridgehead atoms. The second-order valence-corrected chi connectivity index (χ2v) is 5.61. The number of hydrogen-bond donors (Lipinski definition) is 1. The van der Waals surface area contributed by atoms with Crippen molar-refractivity contribution in [2.45, 2.75) is 31.9 Å². The minimum atomic E-state index is -0.466. The fourth-order valence-electron chi connectivity index (χ4n) is 1.64. The van der Waals surface area contributed by atoms with Crippen LogP contribution >= 0.6 is 0 Å². The zero-order valence-corrected chi connectivity index (χ0v) is 10.8. The van der Waals surface area contributed by atoms with Crippen LogP contribution in [-0.4, -0.2) is 65.9 Å². The van der Waals surface area contributed by atoms with Crippen LogP contribution in [0.1, 0.15) is 20.8 Å². The maximum atomic E-state index is 11.7. The number of amides is 1. The van der Waals surface area contributed by atoms with Crippen LogP contribution in [0, 0.1) is 0 Å². The van der Waals surface area contributed by atoms with Crippen molar-refractivity contribution in [1.29, 1.82) is 0 Å². The molecule has 94 valence electrons. The molecule has 0 radical (unpaired) electrons. The molecule has 0 aliphatic carbocycles. The summed E-state index contributed by atoms with van der Waals surface area (Å²) in [5.74, 6) is 0. The molecule has 1 rings (SSSR count). The van der Waals surface area contributed by atoms with Gasteiger partial charge in [0.15, 0.2) is 0 Å². The van der Waals surface area contributed by atoms with Gasteiger partial charge in [0.05, 0.1) is 12.1 Å². The summed E-state index contributed by atoms with van der Waals surface area (Å²) in [4.78, 5) is 15.2. The molecular weight excluding hydrogens is 208 g/mol. The van der Waals surface area contributed by atoms with Crippen LogP contribution in [0.3, 0.4) is 0 Å². The number of carbonyl (C=O) groups excluding carboxylic acids is 1. The molecule has 0 atom stereocenters. The molecule has 16 heavy (non-hydrogen) atoms. The fraction of sp³-hybridized carbons (Fsp3) is 0.909. The van der Waals surface area contributed by atoms with Crippen molar-refractivity contribution in [3.8, 4) is 0 Å². The summed E-state index contributed by atoms with van der Waals surface area (Å²) >= 11 is 0. The van der Waals surface area contributed by atoms with Crippen molar-refractivity contribution in [1.82, 2.24) is 9.80 Å². The molecule has 0 unspecified atom stereocenters. The Labute approximate surface area is 97.0 Å². The standard InChI is InChI=1S/C11H22N2O3/c1-10(2,3)16-9(15)13-6-11(7-13,8-14)12(4)5/h14H,6-8H2,1-5H3. The second-order valence-electron chi connectivity index (χ2n) is 5.61. The van der Waals surface area contributed by atoms with Gasteiger partial charge in [0, 0.05) is 13.1 Å². The number of aliphatic hydroxyl groups is 1. The van der Waals surface area contributed by atoms with Crippen molar-refractivity contribution < 1.29 is 14.6 Å². The third-order valence-electron chi connectivity index (χ3n) is 2.87. The Morgan fingerprint density at radius 1 is 1.44 bits per heavy atom. The molecule has 1 heterocycles. The third-order valence-corrected chi connectivity index (χ3v) is 2.87. The largest absolute Gasteiger partial charge is 0.444 e. The van der Waals surface area contributed by atoms with Gasteiger partial charge >= 0.3 is 6.09 Å². The molecule has 0 saturated carbocycles. The summed E-state index contributed by atoms with van der Waals surface area (Å²) in [5.41, 5.74) is -0.760. The van der Waals surface area contributed by atoms with E-state index in [9.17, 15) is 9.90 Å². The predicted molar refractivity (Wildman–Crippen MR) is 61.3 cm³/mol. The van der Waals surface area contributed by atoms with Gasteiger partial charge in [-0.2, -0.15) is 0 Å². The first-order valence-electron chi connectivity index (χ1n) is 5.46. The van der Waals surface area contributed by atoms with Gasteiger partial charge in [-0.3, -0.25) is 4.90 Å². The highest BCUT2D eigenvalue weighted by atomic mass is 16.6. The lowest BCUT2D eigenvalue weighted by atomic mass is 9.90. The van der Waals surface area contributed by atoms with E-state index in [1.807, 2.05) is 39.8 Å². The van der Waals surface area contributed by atoms with Gasteiger partial charge in [0.25, 0.3) is 0 Å². The van der Waals surface area contributed by atoms with Gasteiger partial charge in [0.2, 0.25) is 0 Å². The zero-order valence-electron chi connectivity index (χ0n) is 10.8. The lowest BCUT2D eigenvalue weighted by Crippen LogP contribution is -2.71. The molecule has 1 fully saturated rings. The number of rotatable bonds is 2. The lowest BCUT2D eigenvalue weighted by molar-refractivity contribution is -0.0701. The summed E-state index contributed by atoms with van der Waals surface area (Å²) in [6, 6.07) is 0. The second kappa shape index (κ2) is 4.22. The summed E-state index contributed by atoms with van der Waals surface area (Å²) in [6.07, 6.45) is -0.307. The molecule has 5 heteroatoms. The van der Waals surface area contributed by atoms with E-state index < -0.39 is 5.60 Å². The maximum Gasteiger partial charge on any atom is 0.410 e. The summed E-state index contributed by atoms with van der Waals surface area (Å²) in [7, 11) is 3.81. The van der Waals surface area contributed by atoms with Crippen LogP contribution in [-0.2, 0) is 4.74 Å². The summed E-state index contributed by atoms with van der Waals surface area (Å²) in [5, 5.41) is 9.32. The fourth-order valence-corrected chi connectivity index (χ4v) is 1.64. The molecule has 0 aromatic rings. The minimum Gasteiger partial charge on any atom is -0.444 e. The van der Waals surface area contributed by atoms with E-state index in [-0.39, 0.29) is 18.2 Å². The predicted octanol–water partition coefficient (Wildman–Crippen LogP) is 0.530. The van der Waals surface area contributed by atoms with Gasteiger partial charge in [-0.1, -0.05) is 0 Å². The van der Waals surface area contributed by atoms with E-state index in [2.05, 4.69) is 0 Å². The Morgan fingerprint density at radius 2 is 1.94 bits per heavy atom. The maximum absolute atomic E-state index is 11.7. The van der Waals surface area contributed by atoms with Crippen LogP contribution in [0.4, 0.5) is 4.79 Å². The topological polar surface area (TPSA) is 53.0 Å². The van der Waals surface area contributed by atoms with Crippen LogP contribution in [0.2, 0.25) is 0 Å². The first-order chi connectivity index (χ1) is 7.20. The molecule has 0 aromatic heterocycles. The first-order valence-corrected chi connectivity index (χ1v) is 5.46. The molecule has 1 aliphatic rings. The number of likely N-dealkylation sites (tertiary alicyclic amines) is 1. The molecule has 1 amide bonds.